The Hall–Kier alpha value is -5.24. The molecule has 0 radical (unpaired) electrons. The van der Waals surface area contributed by atoms with Crippen LogP contribution in [0.3, 0.4) is 0 Å². The van der Waals surface area contributed by atoms with Crippen molar-refractivity contribution in [1.82, 2.24) is 15.0 Å². The van der Waals surface area contributed by atoms with Crippen LogP contribution in [-0.2, 0) is 0 Å². The van der Waals surface area contributed by atoms with Crippen molar-refractivity contribution in [3.63, 3.8) is 0 Å². The zero-order chi connectivity index (χ0) is 26.3. The number of rotatable bonds is 8. The predicted molar refractivity (Wildman–Crippen MR) is 150 cm³/mol. The van der Waals surface area contributed by atoms with Crippen LogP contribution < -0.4 is 20.7 Å². The van der Waals surface area contributed by atoms with E-state index in [2.05, 4.69) is 30.9 Å². The molecule has 8 nitrogen and oxygen atoms in total. The minimum atomic E-state index is -0.205. The van der Waals surface area contributed by atoms with Crippen molar-refractivity contribution < 1.29 is 9.53 Å². The topological polar surface area (TPSA) is 101 Å². The molecule has 3 aromatic carbocycles. The minimum absolute atomic E-state index is 0.205. The first-order valence-corrected chi connectivity index (χ1v) is 12.1. The van der Waals surface area contributed by atoms with Crippen LogP contribution in [-0.4, -0.2) is 20.9 Å². The summed E-state index contributed by atoms with van der Waals surface area (Å²) in [7, 11) is 0. The predicted octanol–water partition coefficient (Wildman–Crippen LogP) is 7.02. The third-order valence-corrected chi connectivity index (χ3v) is 5.52. The number of carbonyl (C=O) groups is 1. The molecule has 5 rings (SSSR count). The SMILES string of the molecule is Cc1ccnc(Nc2cc(Nc3ccc(NC(=O)c4ccc(Oc5ccccc5)cc4)cc3)nc(C)n2)c1. The van der Waals surface area contributed by atoms with Crippen LogP contribution in [0.5, 0.6) is 11.5 Å². The van der Waals surface area contributed by atoms with Gasteiger partial charge in [0.1, 0.15) is 34.8 Å². The van der Waals surface area contributed by atoms with Crippen molar-refractivity contribution in [2.75, 3.05) is 16.0 Å². The van der Waals surface area contributed by atoms with Gasteiger partial charge in [-0.25, -0.2) is 15.0 Å². The van der Waals surface area contributed by atoms with Crippen molar-refractivity contribution in [3.05, 3.63) is 120 Å². The van der Waals surface area contributed by atoms with E-state index in [1.165, 1.54) is 0 Å². The largest absolute Gasteiger partial charge is 0.457 e. The van der Waals surface area contributed by atoms with Crippen molar-refractivity contribution in [3.8, 4) is 11.5 Å². The van der Waals surface area contributed by atoms with Crippen molar-refractivity contribution in [1.29, 1.82) is 0 Å². The number of hydrogen-bond donors (Lipinski definition) is 3. The highest BCUT2D eigenvalue weighted by Gasteiger charge is 2.08. The van der Waals surface area contributed by atoms with Gasteiger partial charge in [0.2, 0.25) is 0 Å². The van der Waals surface area contributed by atoms with Crippen LogP contribution in [0.4, 0.5) is 28.8 Å². The fourth-order valence-corrected chi connectivity index (χ4v) is 3.72. The second-order valence-corrected chi connectivity index (χ2v) is 8.63. The summed E-state index contributed by atoms with van der Waals surface area (Å²) in [5.41, 5.74) is 3.14. The van der Waals surface area contributed by atoms with Crippen LogP contribution in [0.1, 0.15) is 21.7 Å². The summed E-state index contributed by atoms with van der Waals surface area (Å²) in [5.74, 6) is 3.82. The summed E-state index contributed by atoms with van der Waals surface area (Å²) in [5, 5.41) is 9.42. The lowest BCUT2D eigenvalue weighted by Gasteiger charge is -2.11. The summed E-state index contributed by atoms with van der Waals surface area (Å²) in [6, 6.07) is 29.6. The van der Waals surface area contributed by atoms with Gasteiger partial charge in [0.05, 0.1) is 0 Å². The Balaban J connectivity index is 1.20. The summed E-state index contributed by atoms with van der Waals surface area (Å²) in [6.45, 7) is 3.84. The molecule has 0 fully saturated rings. The zero-order valence-corrected chi connectivity index (χ0v) is 21.0. The van der Waals surface area contributed by atoms with Gasteiger partial charge in [-0.1, -0.05) is 18.2 Å². The van der Waals surface area contributed by atoms with E-state index in [1.54, 1.807) is 30.5 Å². The number of pyridine rings is 1. The molecule has 0 bridgehead atoms. The molecule has 0 aliphatic carbocycles. The number of carbonyl (C=O) groups excluding carboxylic acids is 1. The Morgan fingerprint density at radius 2 is 1.34 bits per heavy atom. The van der Waals surface area contributed by atoms with E-state index in [0.29, 0.717) is 40.3 Å². The maximum Gasteiger partial charge on any atom is 0.255 e. The van der Waals surface area contributed by atoms with E-state index in [0.717, 1.165) is 17.0 Å². The first-order chi connectivity index (χ1) is 18.5. The van der Waals surface area contributed by atoms with Crippen LogP contribution in [0, 0.1) is 13.8 Å². The summed E-state index contributed by atoms with van der Waals surface area (Å²) >= 11 is 0. The maximum absolute atomic E-state index is 12.7. The van der Waals surface area contributed by atoms with Crippen LogP contribution in [0.2, 0.25) is 0 Å². The zero-order valence-electron chi connectivity index (χ0n) is 21.0. The molecule has 0 atom stereocenters. The molecule has 0 saturated heterocycles. The first kappa shape index (κ1) is 24.5. The van der Waals surface area contributed by atoms with Gasteiger partial charge in [0.25, 0.3) is 5.91 Å². The molecule has 8 heteroatoms. The number of nitrogens with zero attached hydrogens (tertiary/aromatic N) is 3. The third-order valence-electron chi connectivity index (χ3n) is 5.52. The van der Waals surface area contributed by atoms with Crippen molar-refractivity contribution >= 4 is 34.7 Å². The molecule has 38 heavy (non-hydrogen) atoms. The number of nitrogens with one attached hydrogen (secondary N) is 3. The number of anilines is 5. The lowest BCUT2D eigenvalue weighted by atomic mass is 10.2. The molecular formula is C30H26N6O2. The van der Waals surface area contributed by atoms with Gasteiger partial charge in [-0.15, -0.1) is 0 Å². The number of benzene rings is 3. The highest BCUT2D eigenvalue weighted by Crippen LogP contribution is 2.23. The molecule has 2 aromatic heterocycles. The Morgan fingerprint density at radius 1 is 0.684 bits per heavy atom. The van der Waals surface area contributed by atoms with Crippen molar-refractivity contribution in [2.24, 2.45) is 0 Å². The normalized spacial score (nSPS) is 10.5. The van der Waals surface area contributed by atoms with E-state index >= 15 is 0 Å². The molecule has 0 aliphatic rings. The average Bonchev–Trinajstić information content (AvgIpc) is 2.90. The van der Waals surface area contributed by atoms with Gasteiger partial charge in [0, 0.05) is 29.2 Å². The molecule has 5 aromatic rings. The molecule has 0 spiro atoms. The van der Waals surface area contributed by atoms with Gasteiger partial charge in [-0.05, 0) is 92.2 Å². The molecule has 2 heterocycles. The van der Waals surface area contributed by atoms with Gasteiger partial charge >= 0.3 is 0 Å². The first-order valence-electron chi connectivity index (χ1n) is 12.1. The lowest BCUT2D eigenvalue weighted by Crippen LogP contribution is -2.11. The second kappa shape index (κ2) is 11.2. The molecule has 0 aliphatic heterocycles. The Bertz CT molecular complexity index is 1540. The van der Waals surface area contributed by atoms with E-state index in [4.69, 9.17) is 4.74 Å². The third kappa shape index (κ3) is 6.50. The summed E-state index contributed by atoms with van der Waals surface area (Å²) in [6.07, 6.45) is 1.75. The summed E-state index contributed by atoms with van der Waals surface area (Å²) in [4.78, 5) is 25.9. The number of aromatic nitrogens is 3. The number of para-hydroxylation sites is 1. The Kier molecular flexibility index (Phi) is 7.22. The maximum atomic E-state index is 12.7. The number of amides is 1. The van der Waals surface area contributed by atoms with Crippen LogP contribution in [0.15, 0.2) is 103 Å². The molecule has 0 saturated carbocycles. The van der Waals surface area contributed by atoms with E-state index < -0.39 is 0 Å². The highest BCUT2D eigenvalue weighted by atomic mass is 16.5. The number of hydrogen-bond acceptors (Lipinski definition) is 7. The number of aryl methyl sites for hydroxylation is 2. The summed E-state index contributed by atoms with van der Waals surface area (Å²) < 4.78 is 5.79. The standard InChI is InChI=1S/C30H26N6O2/c1-20-16-17-31-27(18-20)36-29-19-28(32-21(2)33-29)34-23-10-12-24(13-11-23)35-30(37)22-8-14-26(15-9-22)38-25-6-4-3-5-7-25/h3-19H,1-2H3,(H,35,37)(H2,31,32,33,34,36). The van der Waals surface area contributed by atoms with Crippen LogP contribution >= 0.6 is 0 Å². The quantitative estimate of drug-likeness (QED) is 0.210. The van der Waals surface area contributed by atoms with Gasteiger partial charge in [0.15, 0.2) is 0 Å². The highest BCUT2D eigenvalue weighted by molar-refractivity contribution is 6.04. The molecule has 188 valence electrons. The fourth-order valence-electron chi connectivity index (χ4n) is 3.72. The second-order valence-electron chi connectivity index (χ2n) is 8.63. The lowest BCUT2D eigenvalue weighted by molar-refractivity contribution is 0.102. The Morgan fingerprint density at radius 3 is 2.05 bits per heavy atom. The van der Waals surface area contributed by atoms with Crippen LogP contribution in [0.25, 0.3) is 0 Å². The minimum Gasteiger partial charge on any atom is -0.457 e. The monoisotopic (exact) mass is 502 g/mol. The molecule has 1 amide bonds. The molecule has 0 unspecified atom stereocenters. The fraction of sp³-hybridized carbons (Fsp3) is 0.0667. The average molecular weight is 503 g/mol. The Labute approximate surface area is 220 Å². The van der Waals surface area contributed by atoms with Crippen molar-refractivity contribution in [2.45, 2.75) is 13.8 Å². The van der Waals surface area contributed by atoms with Gasteiger partial charge in [-0.3, -0.25) is 4.79 Å². The smallest absolute Gasteiger partial charge is 0.255 e. The van der Waals surface area contributed by atoms with Gasteiger partial charge < -0.3 is 20.7 Å². The van der Waals surface area contributed by atoms with E-state index in [-0.39, 0.29) is 5.91 Å². The van der Waals surface area contributed by atoms with Gasteiger partial charge in [-0.2, -0.15) is 0 Å². The van der Waals surface area contributed by atoms with E-state index in [1.807, 2.05) is 86.6 Å². The van der Waals surface area contributed by atoms with E-state index in [9.17, 15) is 4.79 Å². The molecular weight excluding hydrogens is 476 g/mol. The molecule has 3 N–H and O–H groups in total. The number of ether oxygens (including phenoxy) is 1.